The molecule has 0 aliphatic carbocycles. The van der Waals surface area contributed by atoms with Gasteiger partial charge in [-0.2, -0.15) is 9.78 Å². The summed E-state index contributed by atoms with van der Waals surface area (Å²) in [7, 11) is 1.49. The average molecular weight is 573 g/mol. The number of nitrogens with zero attached hydrogens (tertiary/aromatic N) is 3. The van der Waals surface area contributed by atoms with Gasteiger partial charge in [-0.05, 0) is 42.0 Å². The van der Waals surface area contributed by atoms with Crippen LogP contribution < -0.4 is 15.0 Å². The third kappa shape index (κ3) is 5.60. The van der Waals surface area contributed by atoms with Crippen molar-refractivity contribution in [1.82, 2.24) is 9.66 Å². The third-order valence-electron chi connectivity index (χ3n) is 5.33. The van der Waals surface area contributed by atoms with Crippen molar-refractivity contribution in [3.63, 3.8) is 0 Å². The van der Waals surface area contributed by atoms with Gasteiger partial charge in [-0.15, -0.1) is 0 Å². The monoisotopic (exact) mass is 571 g/mol. The first-order chi connectivity index (χ1) is 17.1. The summed E-state index contributed by atoms with van der Waals surface area (Å²) >= 11 is 9.73. The van der Waals surface area contributed by atoms with Gasteiger partial charge in [-0.1, -0.05) is 60.4 Å². The second-order valence-corrected chi connectivity index (χ2v) is 10.5. The molecule has 0 aliphatic rings. The molecule has 0 saturated carbocycles. The van der Waals surface area contributed by atoms with Crippen LogP contribution in [0.25, 0.3) is 10.9 Å². The lowest BCUT2D eigenvalue weighted by molar-refractivity contribution is 0.283. The summed E-state index contributed by atoms with van der Waals surface area (Å²) in [6.45, 7) is 5.97. The maximum atomic E-state index is 13.6. The van der Waals surface area contributed by atoms with E-state index < -0.39 is 5.41 Å². The zero-order valence-corrected chi connectivity index (χ0v) is 22.5. The first-order valence-electron chi connectivity index (χ1n) is 11.1. The molecule has 0 bridgehead atoms. The standard InChI is InChI=1S/C27H24BrClFN3O3/c1-27(2,3)26-32-22-9-8-18(28)12-21(22)25(34)33(26)31-14-17-11-19(29)13-23(35-4)24(17)36-15-16-6-5-7-20(30)10-16/h5-14H,15H2,1-4H3. The Kier molecular flexibility index (Phi) is 7.47. The number of methoxy groups -OCH3 is 1. The topological polar surface area (TPSA) is 65.7 Å². The molecule has 0 atom stereocenters. The van der Waals surface area contributed by atoms with Crippen molar-refractivity contribution in [3.8, 4) is 11.5 Å². The number of aromatic nitrogens is 2. The molecule has 186 valence electrons. The third-order valence-corrected chi connectivity index (χ3v) is 6.04. The van der Waals surface area contributed by atoms with Crippen molar-refractivity contribution in [2.24, 2.45) is 5.10 Å². The van der Waals surface area contributed by atoms with Crippen molar-refractivity contribution in [2.75, 3.05) is 7.11 Å². The predicted octanol–water partition coefficient (Wildman–Crippen LogP) is 6.72. The Labute approximate surface area is 221 Å². The molecule has 0 unspecified atom stereocenters. The van der Waals surface area contributed by atoms with Crippen LogP contribution in [-0.2, 0) is 12.0 Å². The molecule has 0 fully saturated rings. The van der Waals surface area contributed by atoms with E-state index in [-0.39, 0.29) is 18.0 Å². The molecule has 36 heavy (non-hydrogen) atoms. The lowest BCUT2D eigenvalue weighted by Gasteiger charge is -2.21. The highest BCUT2D eigenvalue weighted by Gasteiger charge is 2.23. The van der Waals surface area contributed by atoms with Crippen LogP contribution in [0.5, 0.6) is 11.5 Å². The van der Waals surface area contributed by atoms with E-state index in [0.29, 0.717) is 44.4 Å². The molecule has 4 rings (SSSR count). The van der Waals surface area contributed by atoms with Crippen molar-refractivity contribution in [1.29, 1.82) is 0 Å². The number of hydrogen-bond acceptors (Lipinski definition) is 5. The number of ether oxygens (including phenoxy) is 2. The van der Waals surface area contributed by atoms with Crippen LogP contribution in [-0.4, -0.2) is 23.0 Å². The molecule has 1 aromatic heterocycles. The molecule has 0 amide bonds. The molecular weight excluding hydrogens is 549 g/mol. The Balaban J connectivity index is 1.82. The molecule has 0 N–H and O–H groups in total. The van der Waals surface area contributed by atoms with Gasteiger partial charge in [0.15, 0.2) is 11.5 Å². The quantitative estimate of drug-likeness (QED) is 0.241. The molecule has 6 nitrogen and oxygen atoms in total. The fourth-order valence-corrected chi connectivity index (χ4v) is 4.21. The molecule has 1 heterocycles. The minimum absolute atomic E-state index is 0.0926. The number of hydrogen-bond donors (Lipinski definition) is 0. The molecule has 0 radical (unpaired) electrons. The highest BCUT2D eigenvalue weighted by atomic mass is 79.9. The molecule has 0 aliphatic heterocycles. The van der Waals surface area contributed by atoms with Crippen molar-refractivity contribution in [3.05, 3.63) is 97.2 Å². The zero-order valence-electron chi connectivity index (χ0n) is 20.2. The summed E-state index contributed by atoms with van der Waals surface area (Å²) in [5, 5.41) is 5.35. The van der Waals surface area contributed by atoms with E-state index in [0.717, 1.165) is 4.47 Å². The summed E-state index contributed by atoms with van der Waals surface area (Å²) < 4.78 is 27.2. The van der Waals surface area contributed by atoms with Gasteiger partial charge in [0.25, 0.3) is 5.56 Å². The zero-order chi connectivity index (χ0) is 26.0. The van der Waals surface area contributed by atoms with Crippen LogP contribution in [0, 0.1) is 5.82 Å². The van der Waals surface area contributed by atoms with Crippen LogP contribution in [0.2, 0.25) is 5.02 Å². The Morgan fingerprint density at radius 2 is 1.94 bits per heavy atom. The normalized spacial score (nSPS) is 11.9. The lowest BCUT2D eigenvalue weighted by Crippen LogP contribution is -2.29. The summed E-state index contributed by atoms with van der Waals surface area (Å²) in [5.74, 6) is 0.876. The fraction of sp³-hybridized carbons (Fsp3) is 0.222. The minimum atomic E-state index is -0.472. The van der Waals surface area contributed by atoms with Crippen LogP contribution in [0.15, 0.2) is 69.0 Å². The second-order valence-electron chi connectivity index (χ2n) is 9.15. The lowest BCUT2D eigenvalue weighted by atomic mass is 9.95. The number of halogens is 3. The van der Waals surface area contributed by atoms with Crippen LogP contribution in [0.1, 0.15) is 37.7 Å². The van der Waals surface area contributed by atoms with E-state index in [2.05, 4.69) is 21.0 Å². The number of rotatable bonds is 6. The molecule has 3 aromatic carbocycles. The van der Waals surface area contributed by atoms with Gasteiger partial charge in [0.2, 0.25) is 0 Å². The summed E-state index contributed by atoms with van der Waals surface area (Å²) in [6.07, 6.45) is 1.48. The van der Waals surface area contributed by atoms with E-state index in [4.69, 9.17) is 26.1 Å². The van der Waals surface area contributed by atoms with Gasteiger partial charge >= 0.3 is 0 Å². The molecule has 4 aromatic rings. The van der Waals surface area contributed by atoms with Crippen molar-refractivity contribution < 1.29 is 13.9 Å². The Morgan fingerprint density at radius 1 is 1.17 bits per heavy atom. The first-order valence-corrected chi connectivity index (χ1v) is 12.3. The minimum Gasteiger partial charge on any atom is -0.493 e. The van der Waals surface area contributed by atoms with Gasteiger partial charge in [-0.3, -0.25) is 4.79 Å². The van der Waals surface area contributed by atoms with Gasteiger partial charge < -0.3 is 9.47 Å². The highest BCUT2D eigenvalue weighted by molar-refractivity contribution is 9.10. The molecular formula is C27H24BrClFN3O3. The molecule has 9 heteroatoms. The predicted molar refractivity (Wildman–Crippen MR) is 144 cm³/mol. The van der Waals surface area contributed by atoms with Crippen LogP contribution >= 0.6 is 27.5 Å². The van der Waals surface area contributed by atoms with Gasteiger partial charge in [0, 0.05) is 26.5 Å². The number of fused-ring (bicyclic) bond motifs is 1. The fourth-order valence-electron chi connectivity index (χ4n) is 3.63. The van der Waals surface area contributed by atoms with E-state index in [1.165, 1.54) is 30.1 Å². The Morgan fingerprint density at radius 3 is 2.64 bits per heavy atom. The van der Waals surface area contributed by atoms with E-state index >= 15 is 0 Å². The first kappa shape index (κ1) is 25.9. The van der Waals surface area contributed by atoms with Crippen molar-refractivity contribution in [2.45, 2.75) is 32.8 Å². The largest absolute Gasteiger partial charge is 0.493 e. The van der Waals surface area contributed by atoms with Gasteiger partial charge in [-0.25, -0.2) is 9.37 Å². The van der Waals surface area contributed by atoms with Crippen molar-refractivity contribution >= 4 is 44.6 Å². The molecule has 0 spiro atoms. The van der Waals surface area contributed by atoms with Gasteiger partial charge in [0.1, 0.15) is 18.2 Å². The summed E-state index contributed by atoms with van der Waals surface area (Å²) in [5.41, 5.74) is 0.935. The Bertz CT molecular complexity index is 1530. The van der Waals surface area contributed by atoms with Crippen LogP contribution in [0.3, 0.4) is 0 Å². The number of benzene rings is 3. The van der Waals surface area contributed by atoms with E-state index in [1.807, 2.05) is 26.8 Å². The smallest absolute Gasteiger partial charge is 0.282 e. The second kappa shape index (κ2) is 10.4. The maximum Gasteiger partial charge on any atom is 0.282 e. The van der Waals surface area contributed by atoms with E-state index in [1.54, 1.807) is 36.4 Å². The van der Waals surface area contributed by atoms with Crippen LogP contribution in [0.4, 0.5) is 4.39 Å². The average Bonchev–Trinajstić information content (AvgIpc) is 2.82. The highest BCUT2D eigenvalue weighted by Crippen LogP contribution is 2.34. The van der Waals surface area contributed by atoms with Gasteiger partial charge in [0.05, 0.1) is 24.2 Å². The molecule has 0 saturated heterocycles. The summed E-state index contributed by atoms with van der Waals surface area (Å²) in [6, 6.07) is 14.8. The summed E-state index contributed by atoms with van der Waals surface area (Å²) in [4.78, 5) is 18.2. The van der Waals surface area contributed by atoms with E-state index in [9.17, 15) is 9.18 Å². The SMILES string of the molecule is COc1cc(Cl)cc(C=Nn2c(C(C)(C)C)nc3ccc(Br)cc3c2=O)c1OCc1cccc(F)c1. The Hall–Kier alpha value is -3.23. The maximum absolute atomic E-state index is 13.6.